The standard InChI is InChI=1S/C13H28O2/c1-5-13(6-2,11-14)8-10-15-9-7-12(3)4/h12,14H,5-11H2,1-4H3. The van der Waals surface area contributed by atoms with Gasteiger partial charge < -0.3 is 9.84 Å². The summed E-state index contributed by atoms with van der Waals surface area (Å²) in [6, 6.07) is 0. The number of aliphatic hydroxyl groups excluding tert-OH is 1. The molecule has 15 heavy (non-hydrogen) atoms. The van der Waals surface area contributed by atoms with Gasteiger partial charge in [-0.25, -0.2) is 0 Å². The first-order chi connectivity index (χ1) is 7.10. The Morgan fingerprint density at radius 3 is 2.13 bits per heavy atom. The summed E-state index contributed by atoms with van der Waals surface area (Å²) in [7, 11) is 0. The summed E-state index contributed by atoms with van der Waals surface area (Å²) in [4.78, 5) is 0. The third-order valence-corrected chi connectivity index (χ3v) is 3.45. The third-order valence-electron chi connectivity index (χ3n) is 3.45. The van der Waals surface area contributed by atoms with E-state index < -0.39 is 0 Å². The average molecular weight is 216 g/mol. The topological polar surface area (TPSA) is 29.5 Å². The van der Waals surface area contributed by atoms with Crippen molar-refractivity contribution in [1.82, 2.24) is 0 Å². The smallest absolute Gasteiger partial charge is 0.0488 e. The summed E-state index contributed by atoms with van der Waals surface area (Å²) in [5, 5.41) is 9.37. The first-order valence-electron chi connectivity index (χ1n) is 6.28. The van der Waals surface area contributed by atoms with E-state index in [1.165, 1.54) is 0 Å². The zero-order valence-corrected chi connectivity index (χ0v) is 10.9. The molecule has 0 unspecified atom stereocenters. The van der Waals surface area contributed by atoms with Gasteiger partial charge in [0.1, 0.15) is 0 Å². The molecule has 0 aliphatic rings. The van der Waals surface area contributed by atoms with Gasteiger partial charge in [0.2, 0.25) is 0 Å². The van der Waals surface area contributed by atoms with Crippen LogP contribution >= 0.6 is 0 Å². The minimum absolute atomic E-state index is 0.0951. The summed E-state index contributed by atoms with van der Waals surface area (Å²) in [5.74, 6) is 0.713. The third kappa shape index (κ3) is 6.16. The second-order valence-corrected chi connectivity index (χ2v) is 4.91. The van der Waals surface area contributed by atoms with Crippen molar-refractivity contribution in [1.29, 1.82) is 0 Å². The minimum Gasteiger partial charge on any atom is -0.396 e. The Bertz CT molecular complexity index is 131. The van der Waals surface area contributed by atoms with Crippen molar-refractivity contribution in [3.05, 3.63) is 0 Å². The molecule has 0 spiro atoms. The van der Waals surface area contributed by atoms with E-state index in [0.29, 0.717) is 5.92 Å². The van der Waals surface area contributed by atoms with E-state index in [1.54, 1.807) is 0 Å². The van der Waals surface area contributed by atoms with E-state index in [9.17, 15) is 5.11 Å². The molecule has 92 valence electrons. The maximum absolute atomic E-state index is 9.37. The molecule has 0 aliphatic heterocycles. The normalized spacial score (nSPS) is 12.4. The van der Waals surface area contributed by atoms with Crippen molar-refractivity contribution in [3.8, 4) is 0 Å². The van der Waals surface area contributed by atoms with Crippen LogP contribution in [0, 0.1) is 11.3 Å². The molecule has 0 bridgehead atoms. The first kappa shape index (κ1) is 14.9. The van der Waals surface area contributed by atoms with Crippen LogP contribution in [0.4, 0.5) is 0 Å². The van der Waals surface area contributed by atoms with Crippen molar-refractivity contribution >= 4 is 0 Å². The fourth-order valence-electron chi connectivity index (χ4n) is 1.62. The molecule has 0 aromatic carbocycles. The quantitative estimate of drug-likeness (QED) is 0.600. The number of aliphatic hydroxyl groups is 1. The van der Waals surface area contributed by atoms with Crippen LogP contribution < -0.4 is 0 Å². The lowest BCUT2D eigenvalue weighted by Gasteiger charge is -2.29. The summed E-state index contributed by atoms with van der Waals surface area (Å²) in [6.45, 7) is 10.6. The highest BCUT2D eigenvalue weighted by atomic mass is 16.5. The van der Waals surface area contributed by atoms with Crippen LogP contribution in [0.15, 0.2) is 0 Å². The van der Waals surface area contributed by atoms with Gasteiger partial charge in [-0.05, 0) is 37.0 Å². The van der Waals surface area contributed by atoms with Gasteiger partial charge in [0.15, 0.2) is 0 Å². The van der Waals surface area contributed by atoms with E-state index in [4.69, 9.17) is 4.74 Å². The molecule has 0 atom stereocenters. The molecule has 2 nitrogen and oxygen atoms in total. The monoisotopic (exact) mass is 216 g/mol. The van der Waals surface area contributed by atoms with Crippen LogP contribution in [0.1, 0.15) is 53.4 Å². The lowest BCUT2D eigenvalue weighted by molar-refractivity contribution is 0.0480. The number of ether oxygens (including phenoxy) is 1. The van der Waals surface area contributed by atoms with Crippen molar-refractivity contribution in [2.24, 2.45) is 11.3 Å². The molecule has 0 saturated carbocycles. The Morgan fingerprint density at radius 1 is 1.13 bits per heavy atom. The lowest BCUT2D eigenvalue weighted by Crippen LogP contribution is -2.25. The summed E-state index contributed by atoms with van der Waals surface area (Å²) < 4.78 is 5.59. The Kier molecular flexibility index (Phi) is 8.07. The predicted molar refractivity (Wildman–Crippen MR) is 65.0 cm³/mol. The Labute approximate surface area is 95.0 Å². The Hall–Kier alpha value is -0.0800. The summed E-state index contributed by atoms with van der Waals surface area (Å²) >= 11 is 0. The molecule has 1 N–H and O–H groups in total. The molecule has 0 aliphatic carbocycles. The van der Waals surface area contributed by atoms with Crippen molar-refractivity contribution in [2.45, 2.75) is 53.4 Å². The Morgan fingerprint density at radius 2 is 1.73 bits per heavy atom. The molecule has 0 saturated heterocycles. The van der Waals surface area contributed by atoms with E-state index in [1.807, 2.05) is 0 Å². The molecular weight excluding hydrogens is 188 g/mol. The molecule has 0 aromatic rings. The number of hydrogen-bond donors (Lipinski definition) is 1. The summed E-state index contributed by atoms with van der Waals surface area (Å²) in [6.07, 6.45) is 4.18. The predicted octanol–water partition coefficient (Wildman–Crippen LogP) is 3.24. The van der Waals surface area contributed by atoms with Gasteiger partial charge in [0.05, 0.1) is 0 Å². The van der Waals surface area contributed by atoms with Crippen LogP contribution in [-0.2, 0) is 4.74 Å². The molecular formula is C13H28O2. The number of rotatable bonds is 9. The maximum atomic E-state index is 9.37. The van der Waals surface area contributed by atoms with Gasteiger partial charge in [-0.15, -0.1) is 0 Å². The summed E-state index contributed by atoms with van der Waals surface area (Å²) in [5.41, 5.74) is 0.0951. The van der Waals surface area contributed by atoms with Crippen LogP contribution in [0.3, 0.4) is 0 Å². The highest BCUT2D eigenvalue weighted by molar-refractivity contribution is 4.75. The van der Waals surface area contributed by atoms with Gasteiger partial charge in [-0.1, -0.05) is 27.7 Å². The first-order valence-corrected chi connectivity index (χ1v) is 6.28. The minimum atomic E-state index is 0.0951. The van der Waals surface area contributed by atoms with E-state index in [-0.39, 0.29) is 12.0 Å². The van der Waals surface area contributed by atoms with Gasteiger partial charge in [0, 0.05) is 19.8 Å². The van der Waals surface area contributed by atoms with Gasteiger partial charge >= 0.3 is 0 Å². The zero-order valence-electron chi connectivity index (χ0n) is 10.9. The van der Waals surface area contributed by atoms with Crippen molar-refractivity contribution in [3.63, 3.8) is 0 Å². The molecule has 0 rings (SSSR count). The van der Waals surface area contributed by atoms with E-state index >= 15 is 0 Å². The van der Waals surface area contributed by atoms with E-state index in [0.717, 1.165) is 38.9 Å². The second-order valence-electron chi connectivity index (χ2n) is 4.91. The lowest BCUT2D eigenvalue weighted by atomic mass is 9.80. The van der Waals surface area contributed by atoms with Crippen LogP contribution in [0.2, 0.25) is 0 Å². The number of hydrogen-bond acceptors (Lipinski definition) is 2. The van der Waals surface area contributed by atoms with E-state index in [2.05, 4.69) is 27.7 Å². The average Bonchev–Trinajstić information content (AvgIpc) is 2.24. The van der Waals surface area contributed by atoms with Crippen molar-refractivity contribution < 1.29 is 9.84 Å². The maximum Gasteiger partial charge on any atom is 0.0488 e. The van der Waals surface area contributed by atoms with Gasteiger partial charge in [0.25, 0.3) is 0 Å². The largest absolute Gasteiger partial charge is 0.396 e. The van der Waals surface area contributed by atoms with Crippen molar-refractivity contribution in [2.75, 3.05) is 19.8 Å². The molecule has 0 amide bonds. The molecule has 2 heteroatoms. The van der Waals surface area contributed by atoms with Crippen LogP contribution in [0.5, 0.6) is 0 Å². The second kappa shape index (κ2) is 8.12. The molecule has 0 heterocycles. The van der Waals surface area contributed by atoms with Gasteiger partial charge in [-0.3, -0.25) is 0 Å². The molecule has 0 radical (unpaired) electrons. The Balaban J connectivity index is 3.63. The van der Waals surface area contributed by atoms with Crippen LogP contribution in [-0.4, -0.2) is 24.9 Å². The highest BCUT2D eigenvalue weighted by Gasteiger charge is 2.24. The molecule has 0 aromatic heterocycles. The highest BCUT2D eigenvalue weighted by Crippen LogP contribution is 2.29. The van der Waals surface area contributed by atoms with Gasteiger partial charge in [-0.2, -0.15) is 0 Å². The fraction of sp³-hybridized carbons (Fsp3) is 1.00. The fourth-order valence-corrected chi connectivity index (χ4v) is 1.62. The zero-order chi connectivity index (χ0) is 11.7. The van der Waals surface area contributed by atoms with Crippen LogP contribution in [0.25, 0.3) is 0 Å². The molecule has 0 fully saturated rings. The SMILES string of the molecule is CCC(CC)(CO)CCOCCC(C)C.